The topological polar surface area (TPSA) is 73.2 Å². The summed E-state index contributed by atoms with van der Waals surface area (Å²) in [5.41, 5.74) is 0.196. The number of amides is 1. The van der Waals surface area contributed by atoms with Gasteiger partial charge < -0.3 is 10.1 Å². The summed E-state index contributed by atoms with van der Waals surface area (Å²) in [7, 11) is 0. The summed E-state index contributed by atoms with van der Waals surface area (Å²) < 4.78 is 44.1. The number of esters is 1. The zero-order valence-electron chi connectivity index (χ0n) is 15.4. The number of nitrogens with zero attached hydrogens (tertiary/aromatic N) is 2. The molecule has 0 spiro atoms. The van der Waals surface area contributed by atoms with Crippen molar-refractivity contribution < 1.29 is 27.5 Å². The second-order valence-corrected chi connectivity index (χ2v) is 7.92. The van der Waals surface area contributed by atoms with Crippen molar-refractivity contribution in [1.29, 1.82) is 0 Å². The van der Waals surface area contributed by atoms with Crippen LogP contribution in [0, 0.1) is 0 Å². The largest absolute Gasteiger partial charge is 0.459 e. The fraction of sp³-hybridized carbons (Fsp3) is 0.500. The first-order valence-corrected chi connectivity index (χ1v) is 9.73. The molecular formula is C18H20F3N3O3S. The Morgan fingerprint density at radius 2 is 2.04 bits per heavy atom. The van der Waals surface area contributed by atoms with Crippen LogP contribution in [0.3, 0.4) is 0 Å². The number of aryl methyl sites for hydroxylation is 1. The van der Waals surface area contributed by atoms with Gasteiger partial charge in [0.1, 0.15) is 11.5 Å². The van der Waals surface area contributed by atoms with Gasteiger partial charge in [-0.2, -0.15) is 18.3 Å². The summed E-state index contributed by atoms with van der Waals surface area (Å²) in [6.07, 6.45) is -0.262. The van der Waals surface area contributed by atoms with Crippen LogP contribution in [0.25, 0.3) is 0 Å². The minimum absolute atomic E-state index is 0.306. The Hall–Kier alpha value is -2.36. The molecule has 0 radical (unpaired) electrons. The number of ether oxygens (including phenoxy) is 1. The highest BCUT2D eigenvalue weighted by atomic mass is 32.1. The van der Waals surface area contributed by atoms with Crippen molar-refractivity contribution in [2.75, 3.05) is 5.32 Å². The Labute approximate surface area is 163 Å². The molecule has 2 aromatic heterocycles. The van der Waals surface area contributed by atoms with Crippen LogP contribution in [0.15, 0.2) is 12.3 Å². The van der Waals surface area contributed by atoms with Crippen LogP contribution < -0.4 is 5.32 Å². The summed E-state index contributed by atoms with van der Waals surface area (Å²) in [5.74, 6) is -1.06. The smallest absolute Gasteiger partial charge is 0.435 e. The Bertz CT molecular complexity index is 887. The fourth-order valence-corrected chi connectivity index (χ4v) is 4.35. The van der Waals surface area contributed by atoms with Gasteiger partial charge in [-0.25, -0.2) is 4.79 Å². The summed E-state index contributed by atoms with van der Waals surface area (Å²) in [4.78, 5) is 25.9. The van der Waals surface area contributed by atoms with Gasteiger partial charge in [-0.15, -0.1) is 11.3 Å². The SMILES string of the molecule is CC(C)OC(=O)c1c(NC(=O)Cn2ccc(C(F)(F)F)n2)sc2c1CCCC2. The second-order valence-electron chi connectivity index (χ2n) is 6.81. The van der Waals surface area contributed by atoms with Gasteiger partial charge in [0.15, 0.2) is 5.69 Å². The summed E-state index contributed by atoms with van der Waals surface area (Å²) in [5, 5.41) is 6.40. The van der Waals surface area contributed by atoms with Crippen LogP contribution in [-0.2, 0) is 35.1 Å². The third kappa shape index (κ3) is 4.54. The lowest BCUT2D eigenvalue weighted by Crippen LogP contribution is -2.21. The highest BCUT2D eigenvalue weighted by Crippen LogP contribution is 2.38. The molecule has 0 saturated heterocycles. The lowest BCUT2D eigenvalue weighted by Gasteiger charge is -2.14. The zero-order chi connectivity index (χ0) is 20.5. The van der Waals surface area contributed by atoms with Gasteiger partial charge in [0.05, 0.1) is 11.7 Å². The Kier molecular flexibility index (Phi) is 5.78. The molecule has 1 aliphatic carbocycles. The van der Waals surface area contributed by atoms with Crippen molar-refractivity contribution in [2.45, 2.75) is 58.4 Å². The zero-order valence-corrected chi connectivity index (χ0v) is 16.2. The van der Waals surface area contributed by atoms with Crippen molar-refractivity contribution in [3.63, 3.8) is 0 Å². The van der Waals surface area contributed by atoms with Crippen molar-refractivity contribution >= 4 is 28.2 Å². The maximum atomic E-state index is 12.6. The van der Waals surface area contributed by atoms with Gasteiger partial charge in [0.25, 0.3) is 0 Å². The van der Waals surface area contributed by atoms with Gasteiger partial charge in [-0.3, -0.25) is 9.48 Å². The van der Waals surface area contributed by atoms with E-state index in [4.69, 9.17) is 4.74 Å². The summed E-state index contributed by atoms with van der Waals surface area (Å²) in [6, 6.07) is 0.808. The van der Waals surface area contributed by atoms with Gasteiger partial charge in [0.2, 0.25) is 5.91 Å². The number of carbonyl (C=O) groups excluding carboxylic acids is 2. The number of thiophene rings is 1. The molecule has 3 rings (SSSR count). The molecule has 1 N–H and O–H groups in total. The van der Waals surface area contributed by atoms with E-state index in [0.717, 1.165) is 53.1 Å². The molecule has 0 aromatic carbocycles. The molecule has 0 saturated carbocycles. The van der Waals surface area contributed by atoms with E-state index in [2.05, 4.69) is 10.4 Å². The first-order valence-electron chi connectivity index (χ1n) is 8.91. The van der Waals surface area contributed by atoms with Crippen LogP contribution in [0.2, 0.25) is 0 Å². The number of hydrogen-bond donors (Lipinski definition) is 1. The second kappa shape index (κ2) is 7.94. The monoisotopic (exact) mass is 415 g/mol. The number of nitrogens with one attached hydrogen (secondary N) is 1. The fourth-order valence-electron chi connectivity index (χ4n) is 3.06. The number of anilines is 1. The molecule has 0 aliphatic heterocycles. The van der Waals surface area contributed by atoms with Crippen LogP contribution in [-0.4, -0.2) is 27.8 Å². The Balaban J connectivity index is 1.79. The third-order valence-corrected chi connectivity index (χ3v) is 5.42. The average Bonchev–Trinajstić information content (AvgIpc) is 3.17. The Morgan fingerprint density at radius 3 is 2.68 bits per heavy atom. The molecule has 6 nitrogen and oxygen atoms in total. The number of carbonyl (C=O) groups is 2. The highest BCUT2D eigenvalue weighted by molar-refractivity contribution is 7.17. The molecule has 0 fully saturated rings. The Morgan fingerprint density at radius 1 is 1.32 bits per heavy atom. The van der Waals surface area contributed by atoms with Crippen molar-refractivity contribution in [3.8, 4) is 0 Å². The molecule has 0 atom stereocenters. The normalized spacial score (nSPS) is 14.1. The summed E-state index contributed by atoms with van der Waals surface area (Å²) in [6.45, 7) is 3.09. The summed E-state index contributed by atoms with van der Waals surface area (Å²) >= 11 is 1.32. The third-order valence-electron chi connectivity index (χ3n) is 4.21. The van der Waals surface area contributed by atoms with E-state index in [0.29, 0.717) is 10.6 Å². The molecule has 0 unspecified atom stereocenters. The first kappa shape index (κ1) is 20.4. The van der Waals surface area contributed by atoms with E-state index in [1.54, 1.807) is 13.8 Å². The lowest BCUT2D eigenvalue weighted by atomic mass is 9.95. The molecular weight excluding hydrogens is 395 g/mol. The molecule has 10 heteroatoms. The van der Waals surface area contributed by atoms with E-state index >= 15 is 0 Å². The highest BCUT2D eigenvalue weighted by Gasteiger charge is 2.34. The predicted octanol–water partition coefficient (Wildman–Crippen LogP) is 4.05. The van der Waals surface area contributed by atoms with Crippen LogP contribution >= 0.6 is 11.3 Å². The number of hydrogen-bond acceptors (Lipinski definition) is 5. The number of fused-ring (bicyclic) bond motifs is 1. The van der Waals surface area contributed by atoms with Gasteiger partial charge in [0, 0.05) is 11.1 Å². The van der Waals surface area contributed by atoms with E-state index in [1.807, 2.05) is 0 Å². The number of aromatic nitrogens is 2. The molecule has 1 amide bonds. The molecule has 0 bridgehead atoms. The van der Waals surface area contributed by atoms with Gasteiger partial charge >= 0.3 is 12.1 Å². The van der Waals surface area contributed by atoms with E-state index < -0.39 is 30.3 Å². The minimum atomic E-state index is -4.57. The number of halogens is 3. The lowest BCUT2D eigenvalue weighted by molar-refractivity contribution is -0.141. The van der Waals surface area contributed by atoms with E-state index in [1.165, 1.54) is 11.3 Å². The predicted molar refractivity (Wildman–Crippen MR) is 97.4 cm³/mol. The molecule has 1 aliphatic rings. The van der Waals surface area contributed by atoms with Gasteiger partial charge in [-0.05, 0) is 51.2 Å². The molecule has 2 aromatic rings. The van der Waals surface area contributed by atoms with Crippen molar-refractivity contribution in [2.24, 2.45) is 0 Å². The van der Waals surface area contributed by atoms with Gasteiger partial charge in [-0.1, -0.05) is 0 Å². The number of rotatable bonds is 5. The standard InChI is InChI=1S/C18H20F3N3O3S/c1-10(2)27-17(26)15-11-5-3-4-6-12(11)28-16(15)22-14(25)9-24-8-7-13(23-24)18(19,20)21/h7-8,10H,3-6,9H2,1-2H3,(H,22,25). The molecule has 28 heavy (non-hydrogen) atoms. The van der Waals surface area contributed by atoms with Crippen LogP contribution in [0.5, 0.6) is 0 Å². The minimum Gasteiger partial charge on any atom is -0.459 e. The van der Waals surface area contributed by atoms with Crippen LogP contribution in [0.1, 0.15) is 53.2 Å². The maximum Gasteiger partial charge on any atom is 0.435 e. The molecule has 152 valence electrons. The average molecular weight is 415 g/mol. The van der Waals surface area contributed by atoms with Crippen molar-refractivity contribution in [1.82, 2.24) is 9.78 Å². The van der Waals surface area contributed by atoms with E-state index in [-0.39, 0.29) is 6.10 Å². The number of alkyl halides is 3. The van der Waals surface area contributed by atoms with E-state index in [9.17, 15) is 22.8 Å². The van der Waals surface area contributed by atoms with Crippen molar-refractivity contribution in [3.05, 3.63) is 34.0 Å². The maximum absolute atomic E-state index is 12.6. The molecule has 2 heterocycles. The first-order chi connectivity index (χ1) is 13.1. The quantitative estimate of drug-likeness (QED) is 0.748. The van der Waals surface area contributed by atoms with Crippen LogP contribution in [0.4, 0.5) is 18.2 Å².